The second kappa shape index (κ2) is 25.0. The highest BCUT2D eigenvalue weighted by Gasteiger charge is 2.53. The summed E-state index contributed by atoms with van der Waals surface area (Å²) in [7, 11) is 4.51. The number of rotatable bonds is 6. The van der Waals surface area contributed by atoms with Crippen molar-refractivity contribution in [3.63, 3.8) is 0 Å². The van der Waals surface area contributed by atoms with Crippen LogP contribution in [0, 0.1) is 29.6 Å². The first kappa shape index (κ1) is 53.2. The summed E-state index contributed by atoms with van der Waals surface area (Å²) in [5.41, 5.74) is 1.27. The molecule has 0 aromatic rings. The van der Waals surface area contributed by atoms with E-state index in [-0.39, 0.29) is 48.9 Å². The molecule has 1 aliphatic carbocycles. The van der Waals surface area contributed by atoms with Crippen molar-refractivity contribution in [1.29, 1.82) is 0 Å². The maximum Gasteiger partial charge on any atom is 0.329 e. The van der Waals surface area contributed by atoms with Gasteiger partial charge in [-0.2, -0.15) is 0 Å². The summed E-state index contributed by atoms with van der Waals surface area (Å²) < 4.78 is 29.2. The summed E-state index contributed by atoms with van der Waals surface area (Å²) in [5.74, 6) is -7.56. The number of fused-ring (bicyclic) bond motifs is 3. The molecule has 4 aliphatic rings. The molecule has 2 bridgehead atoms. The molecule has 3 aliphatic heterocycles. The lowest BCUT2D eigenvalue weighted by atomic mass is 9.81. The van der Waals surface area contributed by atoms with E-state index in [1.165, 1.54) is 12.0 Å². The van der Waals surface area contributed by atoms with Crippen LogP contribution < -0.4 is 0 Å². The van der Waals surface area contributed by atoms with Crippen LogP contribution in [0.2, 0.25) is 0 Å². The fraction of sp³-hybridized carbons (Fsp3) is 0.740. The number of nitrogens with zero attached hydrogens (tertiary/aromatic N) is 1. The molecule has 360 valence electrons. The molecule has 1 saturated carbocycles. The number of ketones is 3. The number of aliphatic hydroxyl groups excluding tert-OH is 2. The van der Waals surface area contributed by atoms with Crippen LogP contribution in [0.15, 0.2) is 47.6 Å². The van der Waals surface area contributed by atoms with Crippen LogP contribution in [0.4, 0.5) is 0 Å². The van der Waals surface area contributed by atoms with Gasteiger partial charge in [0.2, 0.25) is 5.79 Å². The zero-order chi connectivity index (χ0) is 47.3. The molecule has 0 unspecified atom stereocenters. The van der Waals surface area contributed by atoms with Gasteiger partial charge in [0.05, 0.1) is 24.4 Å². The van der Waals surface area contributed by atoms with Crippen LogP contribution in [0.3, 0.4) is 0 Å². The number of aliphatic hydroxyl groups is 3. The molecule has 4 rings (SSSR count). The molecule has 1 amide bonds. The molecule has 2 saturated heterocycles. The number of esters is 1. The quantitative estimate of drug-likeness (QED) is 0.161. The van der Waals surface area contributed by atoms with E-state index in [0.29, 0.717) is 69.8 Å². The largest absolute Gasteiger partial charge is 0.460 e. The smallest absolute Gasteiger partial charge is 0.329 e. The lowest BCUT2D eigenvalue weighted by Crippen LogP contribution is -2.60. The Kier molecular flexibility index (Phi) is 20.8. The summed E-state index contributed by atoms with van der Waals surface area (Å²) in [4.78, 5) is 71.3. The predicted octanol–water partition coefficient (Wildman–Crippen LogP) is 5.93. The Labute approximate surface area is 380 Å². The molecule has 3 fully saturated rings. The summed E-state index contributed by atoms with van der Waals surface area (Å²) in [6, 6.07) is -1.13. The first-order chi connectivity index (χ1) is 30.3. The number of hydrogen-bond acceptors (Lipinski definition) is 13. The van der Waals surface area contributed by atoms with Crippen LogP contribution in [-0.2, 0) is 47.7 Å². The molecule has 64 heavy (non-hydrogen) atoms. The molecule has 0 radical (unpaired) electrons. The van der Waals surface area contributed by atoms with Gasteiger partial charge < -0.3 is 43.9 Å². The van der Waals surface area contributed by atoms with Crippen molar-refractivity contribution in [3.05, 3.63) is 47.6 Å². The molecular weight excluding hydrogens is 823 g/mol. The molecular formula is C50H77NO13. The molecule has 3 N–H and O–H groups in total. The number of Topliss-reactive ketones (excluding diaryl/α,β-unsaturated/α-hetero) is 3. The van der Waals surface area contributed by atoms with Gasteiger partial charge in [0.15, 0.2) is 5.78 Å². The number of hydrogen-bond donors (Lipinski definition) is 3. The third-order valence-corrected chi connectivity index (χ3v) is 14.1. The Morgan fingerprint density at radius 3 is 2.23 bits per heavy atom. The second-order valence-corrected chi connectivity index (χ2v) is 19.0. The highest BCUT2D eigenvalue weighted by molar-refractivity contribution is 6.39. The van der Waals surface area contributed by atoms with E-state index in [1.54, 1.807) is 41.1 Å². The van der Waals surface area contributed by atoms with E-state index in [2.05, 4.69) is 0 Å². The lowest BCUT2D eigenvalue weighted by molar-refractivity contribution is -0.265. The molecule has 14 heteroatoms. The van der Waals surface area contributed by atoms with E-state index in [1.807, 2.05) is 51.2 Å². The molecule has 0 aromatic carbocycles. The van der Waals surface area contributed by atoms with Gasteiger partial charge in [0.25, 0.3) is 11.7 Å². The molecule has 14 atom stereocenters. The average Bonchev–Trinajstić information content (AvgIpc) is 3.27. The average molecular weight is 900 g/mol. The van der Waals surface area contributed by atoms with Crippen LogP contribution in [0.5, 0.6) is 0 Å². The van der Waals surface area contributed by atoms with Gasteiger partial charge in [-0.15, -0.1) is 0 Å². The third kappa shape index (κ3) is 14.1. The number of allylic oxidation sites excluding steroid dienone is 6. The zero-order valence-electron chi connectivity index (χ0n) is 39.7. The van der Waals surface area contributed by atoms with Crippen molar-refractivity contribution in [2.24, 2.45) is 29.6 Å². The van der Waals surface area contributed by atoms with Crippen molar-refractivity contribution >= 4 is 29.2 Å². The fourth-order valence-corrected chi connectivity index (χ4v) is 9.79. The first-order valence-corrected chi connectivity index (χ1v) is 23.5. The van der Waals surface area contributed by atoms with Gasteiger partial charge in [0, 0.05) is 58.5 Å². The van der Waals surface area contributed by atoms with Crippen molar-refractivity contribution in [2.45, 2.75) is 180 Å². The maximum absolute atomic E-state index is 14.2. The minimum Gasteiger partial charge on any atom is -0.460 e. The molecule has 0 aromatic heterocycles. The molecule has 14 nitrogen and oxygen atoms in total. The van der Waals surface area contributed by atoms with E-state index in [9.17, 15) is 39.3 Å². The Morgan fingerprint density at radius 2 is 1.55 bits per heavy atom. The van der Waals surface area contributed by atoms with E-state index in [0.717, 1.165) is 12.0 Å². The highest BCUT2D eigenvalue weighted by atomic mass is 16.6. The number of carbonyl (C=O) groups is 5. The SMILES string of the molecule is CO[C@@H]1C[C@@H]2CC[C@@H](C)[C@@](O)(O2)C(=O)C(=O)N2CCCC[C@H]2C(=O)O[C@H](CC[C@@H]2CC[C@@H](O)[C@H](OC)C2)CC(=O)[C@H](C)/C=C(\C)[C@@H](O)[C@@H](OC)C(=O)[C@@H](C)C[C@H](C)/C=C/C=C/C=C/1C. The number of carbonyl (C=O) groups excluding carboxylic acids is 5. The number of ether oxygens (including phenoxy) is 5. The monoisotopic (exact) mass is 900 g/mol. The highest BCUT2D eigenvalue weighted by Crippen LogP contribution is 2.37. The van der Waals surface area contributed by atoms with Crippen molar-refractivity contribution in [3.8, 4) is 0 Å². The van der Waals surface area contributed by atoms with Gasteiger partial charge in [-0.05, 0) is 107 Å². The summed E-state index contributed by atoms with van der Waals surface area (Å²) in [6.07, 6.45) is 11.6. The molecule has 3 heterocycles. The van der Waals surface area contributed by atoms with Gasteiger partial charge in [-0.3, -0.25) is 19.2 Å². The minimum absolute atomic E-state index is 0.0217. The first-order valence-electron chi connectivity index (χ1n) is 23.5. The minimum atomic E-state index is -2.42. The summed E-state index contributed by atoms with van der Waals surface area (Å²) in [5, 5.41) is 33.7. The number of amides is 1. The van der Waals surface area contributed by atoms with Gasteiger partial charge >= 0.3 is 5.97 Å². The van der Waals surface area contributed by atoms with E-state index in [4.69, 9.17) is 23.7 Å². The van der Waals surface area contributed by atoms with Gasteiger partial charge in [-0.25, -0.2) is 4.79 Å². The van der Waals surface area contributed by atoms with Crippen LogP contribution >= 0.6 is 0 Å². The van der Waals surface area contributed by atoms with Gasteiger partial charge in [0.1, 0.15) is 30.1 Å². The van der Waals surface area contributed by atoms with Gasteiger partial charge in [-0.1, -0.05) is 64.2 Å². The fourth-order valence-electron chi connectivity index (χ4n) is 9.79. The second-order valence-electron chi connectivity index (χ2n) is 19.0. The van der Waals surface area contributed by atoms with Crippen LogP contribution in [0.25, 0.3) is 0 Å². The Hall–Kier alpha value is -3.37. The van der Waals surface area contributed by atoms with E-state index < -0.39 is 83.9 Å². The number of piperidine rings is 1. The molecule has 0 spiro atoms. The van der Waals surface area contributed by atoms with Crippen LogP contribution in [0.1, 0.15) is 125 Å². The summed E-state index contributed by atoms with van der Waals surface area (Å²) >= 11 is 0. The maximum atomic E-state index is 14.2. The summed E-state index contributed by atoms with van der Waals surface area (Å²) in [6.45, 7) is 10.8. The van der Waals surface area contributed by atoms with Crippen molar-refractivity contribution in [1.82, 2.24) is 4.90 Å². The number of cyclic esters (lactones) is 1. The Balaban J connectivity index is 1.67. The van der Waals surface area contributed by atoms with Crippen molar-refractivity contribution < 1.29 is 63.0 Å². The topological polar surface area (TPSA) is 195 Å². The predicted molar refractivity (Wildman–Crippen MR) is 241 cm³/mol. The number of methoxy groups -OCH3 is 3. The van der Waals surface area contributed by atoms with E-state index >= 15 is 0 Å². The third-order valence-electron chi connectivity index (χ3n) is 14.1. The van der Waals surface area contributed by atoms with Crippen molar-refractivity contribution in [2.75, 3.05) is 27.9 Å². The Bertz CT molecular complexity index is 1720. The van der Waals surface area contributed by atoms with Crippen LogP contribution in [-0.4, -0.2) is 132 Å². The Morgan fingerprint density at radius 1 is 0.812 bits per heavy atom. The lowest BCUT2D eigenvalue weighted by Gasteiger charge is -2.42. The zero-order valence-corrected chi connectivity index (χ0v) is 39.7. The normalized spacial score (nSPS) is 40.3. The standard InChI is InChI=1S/C50H77NO13/c1-30-15-11-10-12-16-31(2)42(60-7)29-38-21-18-35(6)50(59,64-38)47(56)48(57)51-24-14-13-17-39(51)49(58)63-37(22-19-36-20-23-40(52)43(27-36)61-8)28-41(53)32(3)26-34(5)45(55)46(62-9)44(54)33(4)25-30/h10-12,15-16,26,30,32-33,35-40,42-43,45-46,52,55,59H,13-14,17-25,27-29H2,1-9H3/b12-10+,15-11+,31-16+,34-26+/t30-,32-,33+,35-,36-,37-,38+,39+,40-,42-,43-,45-,46+,50-/m1/s1.